The Hall–Kier alpha value is -1.45. The zero-order valence-corrected chi connectivity index (χ0v) is 5.40. The average Bonchev–Trinajstić information content (AvgIpc) is 2.36. The molecule has 0 bridgehead atoms. The van der Waals surface area contributed by atoms with Crippen LogP contribution >= 0.6 is 0 Å². The predicted octanol–water partition coefficient (Wildman–Crippen LogP) is 0.926. The van der Waals surface area contributed by atoms with Gasteiger partial charge in [-0.1, -0.05) is 5.10 Å². The van der Waals surface area contributed by atoms with Gasteiger partial charge in [-0.3, -0.25) is 0 Å². The maximum atomic E-state index is 4.83. The zero-order chi connectivity index (χ0) is 6.97. The first-order valence-electron chi connectivity index (χ1n) is 2.91. The van der Waals surface area contributed by atoms with Crippen molar-refractivity contribution >= 4 is 11.2 Å². The monoisotopic (exact) mass is 135 g/mol. The second-order valence-electron chi connectivity index (χ2n) is 2.05. The third-order valence-corrected chi connectivity index (χ3v) is 1.35. The number of aryl methyl sites for hydroxylation is 1. The van der Waals surface area contributed by atoms with E-state index in [0.717, 1.165) is 5.56 Å². The van der Waals surface area contributed by atoms with Gasteiger partial charge < -0.3 is 4.52 Å². The highest BCUT2D eigenvalue weighted by Gasteiger charge is 2.01. The molecule has 4 heteroatoms. The van der Waals surface area contributed by atoms with E-state index in [0.29, 0.717) is 11.2 Å². The van der Waals surface area contributed by atoms with E-state index in [-0.39, 0.29) is 0 Å². The Morgan fingerprint density at radius 3 is 3.20 bits per heavy atom. The van der Waals surface area contributed by atoms with Crippen molar-refractivity contribution in [3.05, 3.63) is 17.8 Å². The molecular formula is C6H5N3O. The normalized spacial score (nSPS) is 10.5. The van der Waals surface area contributed by atoms with E-state index in [9.17, 15) is 0 Å². The van der Waals surface area contributed by atoms with Crippen LogP contribution in [0.1, 0.15) is 5.56 Å². The summed E-state index contributed by atoms with van der Waals surface area (Å²) in [6, 6.07) is 1.86. The Balaban J connectivity index is 2.95. The van der Waals surface area contributed by atoms with Gasteiger partial charge in [-0.25, -0.2) is 4.98 Å². The van der Waals surface area contributed by atoms with E-state index in [4.69, 9.17) is 4.52 Å². The Kier molecular flexibility index (Phi) is 0.943. The lowest BCUT2D eigenvalue weighted by atomic mass is 10.3. The minimum absolute atomic E-state index is 0.569. The summed E-state index contributed by atoms with van der Waals surface area (Å²) in [6.07, 6.45) is 1.68. The molecule has 2 aromatic rings. The fourth-order valence-corrected chi connectivity index (χ4v) is 0.814. The molecule has 0 aromatic carbocycles. The lowest BCUT2D eigenvalue weighted by molar-refractivity contribution is 0.423. The summed E-state index contributed by atoms with van der Waals surface area (Å²) in [5.41, 5.74) is 2.25. The first-order valence-corrected chi connectivity index (χ1v) is 2.91. The number of hydrogen-bond donors (Lipinski definition) is 0. The minimum atomic E-state index is 0.569. The van der Waals surface area contributed by atoms with Crippen LogP contribution in [0, 0.1) is 6.92 Å². The Morgan fingerprint density at radius 2 is 2.40 bits per heavy atom. The molecule has 0 radical (unpaired) electrons. The van der Waals surface area contributed by atoms with Crippen LogP contribution in [0.3, 0.4) is 0 Å². The van der Waals surface area contributed by atoms with E-state index < -0.39 is 0 Å². The molecule has 4 nitrogen and oxygen atoms in total. The molecule has 0 aliphatic rings. The van der Waals surface area contributed by atoms with E-state index in [1.165, 1.54) is 0 Å². The van der Waals surface area contributed by atoms with Gasteiger partial charge in [0.1, 0.15) is 0 Å². The van der Waals surface area contributed by atoms with E-state index in [1.54, 1.807) is 6.20 Å². The SMILES string of the molecule is Cc1ccnc2nnoc12. The van der Waals surface area contributed by atoms with Crippen LogP contribution < -0.4 is 0 Å². The topological polar surface area (TPSA) is 51.8 Å². The highest BCUT2D eigenvalue weighted by molar-refractivity contribution is 5.69. The lowest BCUT2D eigenvalue weighted by Crippen LogP contribution is -1.77. The van der Waals surface area contributed by atoms with Crippen LogP contribution in [0.25, 0.3) is 11.2 Å². The summed E-state index contributed by atoms with van der Waals surface area (Å²) in [5.74, 6) is 0. The van der Waals surface area contributed by atoms with Crippen LogP contribution in [0.4, 0.5) is 0 Å². The first kappa shape index (κ1) is 5.34. The highest BCUT2D eigenvalue weighted by Crippen LogP contribution is 2.10. The van der Waals surface area contributed by atoms with Gasteiger partial charge in [0, 0.05) is 17.0 Å². The van der Waals surface area contributed by atoms with Crippen LogP contribution in [0.5, 0.6) is 0 Å². The largest absolute Gasteiger partial charge is 0.335 e. The molecule has 2 aromatic heterocycles. The Labute approximate surface area is 56.9 Å². The van der Waals surface area contributed by atoms with Crippen molar-refractivity contribution in [3.8, 4) is 0 Å². The van der Waals surface area contributed by atoms with Crippen LogP contribution in [0.2, 0.25) is 0 Å². The summed E-state index contributed by atoms with van der Waals surface area (Å²) >= 11 is 0. The van der Waals surface area contributed by atoms with Crippen molar-refractivity contribution in [2.45, 2.75) is 6.92 Å². The quantitative estimate of drug-likeness (QED) is 0.539. The highest BCUT2D eigenvalue weighted by atomic mass is 16.5. The van der Waals surface area contributed by atoms with Gasteiger partial charge in [0.25, 0.3) is 0 Å². The van der Waals surface area contributed by atoms with Gasteiger partial charge in [0.05, 0.1) is 0 Å². The number of fused-ring (bicyclic) bond motifs is 1. The smallest absolute Gasteiger partial charge is 0.223 e. The van der Waals surface area contributed by atoms with Crippen molar-refractivity contribution in [2.24, 2.45) is 0 Å². The zero-order valence-electron chi connectivity index (χ0n) is 5.40. The first-order chi connectivity index (χ1) is 4.88. The lowest BCUT2D eigenvalue weighted by Gasteiger charge is -1.86. The Bertz CT molecular complexity index is 355. The molecule has 10 heavy (non-hydrogen) atoms. The van der Waals surface area contributed by atoms with Crippen molar-refractivity contribution < 1.29 is 4.52 Å². The number of nitrogens with zero attached hydrogens (tertiary/aromatic N) is 3. The molecule has 0 N–H and O–H groups in total. The molecule has 0 saturated carbocycles. The van der Waals surface area contributed by atoms with Crippen molar-refractivity contribution in [1.82, 2.24) is 15.4 Å². The fourth-order valence-electron chi connectivity index (χ4n) is 0.814. The number of rotatable bonds is 0. The molecule has 0 amide bonds. The minimum Gasteiger partial charge on any atom is -0.335 e. The molecule has 0 spiro atoms. The number of pyridine rings is 1. The van der Waals surface area contributed by atoms with Crippen molar-refractivity contribution in [2.75, 3.05) is 0 Å². The molecule has 0 aliphatic carbocycles. The maximum absolute atomic E-state index is 4.83. The van der Waals surface area contributed by atoms with Gasteiger partial charge in [-0.05, 0) is 13.0 Å². The summed E-state index contributed by atoms with van der Waals surface area (Å²) < 4.78 is 4.83. The molecule has 0 atom stereocenters. The summed E-state index contributed by atoms with van der Waals surface area (Å²) in [6.45, 7) is 1.93. The molecule has 50 valence electrons. The van der Waals surface area contributed by atoms with E-state index in [1.807, 2.05) is 13.0 Å². The third-order valence-electron chi connectivity index (χ3n) is 1.35. The Morgan fingerprint density at radius 1 is 1.50 bits per heavy atom. The predicted molar refractivity (Wildman–Crippen MR) is 34.3 cm³/mol. The van der Waals surface area contributed by atoms with E-state index >= 15 is 0 Å². The molecular weight excluding hydrogens is 130 g/mol. The molecule has 2 rings (SSSR count). The average molecular weight is 135 g/mol. The standard InChI is InChI=1S/C6H5N3O/c1-4-2-3-7-6-5(4)10-9-8-6/h2-3H,1H3. The number of aromatic nitrogens is 3. The third kappa shape index (κ3) is 0.586. The van der Waals surface area contributed by atoms with Gasteiger partial charge in [0.15, 0.2) is 0 Å². The van der Waals surface area contributed by atoms with Crippen LogP contribution in [-0.2, 0) is 0 Å². The second kappa shape index (κ2) is 1.76. The molecule has 0 saturated heterocycles. The van der Waals surface area contributed by atoms with Crippen molar-refractivity contribution in [3.63, 3.8) is 0 Å². The summed E-state index contributed by atoms with van der Waals surface area (Å²) in [5, 5.41) is 7.03. The van der Waals surface area contributed by atoms with Crippen LogP contribution in [-0.4, -0.2) is 15.4 Å². The second-order valence-corrected chi connectivity index (χ2v) is 2.05. The fraction of sp³-hybridized carbons (Fsp3) is 0.167. The molecule has 2 heterocycles. The molecule has 0 aliphatic heterocycles. The summed E-state index contributed by atoms with van der Waals surface area (Å²) in [7, 11) is 0. The summed E-state index contributed by atoms with van der Waals surface area (Å²) in [4.78, 5) is 3.93. The molecule has 0 fully saturated rings. The van der Waals surface area contributed by atoms with E-state index in [2.05, 4.69) is 15.4 Å². The number of hydrogen-bond acceptors (Lipinski definition) is 4. The maximum Gasteiger partial charge on any atom is 0.223 e. The van der Waals surface area contributed by atoms with Crippen LogP contribution in [0.15, 0.2) is 16.8 Å². The van der Waals surface area contributed by atoms with Gasteiger partial charge in [0.2, 0.25) is 11.2 Å². The van der Waals surface area contributed by atoms with Crippen molar-refractivity contribution in [1.29, 1.82) is 0 Å². The van der Waals surface area contributed by atoms with Gasteiger partial charge in [-0.15, -0.1) is 0 Å². The van der Waals surface area contributed by atoms with Gasteiger partial charge >= 0.3 is 0 Å². The molecule has 0 unspecified atom stereocenters. The van der Waals surface area contributed by atoms with Gasteiger partial charge in [-0.2, -0.15) is 0 Å².